The number of rotatable bonds is 7. The predicted molar refractivity (Wildman–Crippen MR) is 141 cm³/mol. The highest BCUT2D eigenvalue weighted by Crippen LogP contribution is 2.38. The van der Waals surface area contributed by atoms with Crippen LogP contribution in [0.4, 0.5) is 17.2 Å². The number of benzene rings is 1. The molecular formula is C28H32N6O. The zero-order valence-electron chi connectivity index (χ0n) is 20.8. The smallest absolute Gasteiger partial charge is 0.165 e. The Morgan fingerprint density at radius 1 is 1.03 bits per heavy atom. The lowest BCUT2D eigenvalue weighted by atomic mass is 9.78. The molecule has 0 atom stereocenters. The first-order valence-electron chi connectivity index (χ1n) is 12.2. The molecular weight excluding hydrogens is 436 g/mol. The van der Waals surface area contributed by atoms with Crippen LogP contribution in [0.1, 0.15) is 45.5 Å². The maximum absolute atomic E-state index is 5.84. The minimum Gasteiger partial charge on any atom is -0.385 e. The minimum atomic E-state index is 0.160. The molecule has 0 saturated carbocycles. The fourth-order valence-corrected chi connectivity index (χ4v) is 4.40. The molecule has 0 amide bonds. The summed E-state index contributed by atoms with van der Waals surface area (Å²) in [5, 5.41) is 7.92. The molecule has 0 fully saturated rings. The number of nitrogens with zero attached hydrogens (tertiary/aromatic N) is 4. The largest absolute Gasteiger partial charge is 0.385 e. The Morgan fingerprint density at radius 3 is 2.71 bits per heavy atom. The molecule has 0 unspecified atom stereocenters. The van der Waals surface area contributed by atoms with Crippen LogP contribution in [-0.2, 0) is 16.8 Å². The van der Waals surface area contributed by atoms with E-state index < -0.39 is 0 Å². The Kier molecular flexibility index (Phi) is 6.34. The van der Waals surface area contributed by atoms with Crippen molar-refractivity contribution in [3.05, 3.63) is 66.1 Å². The molecule has 4 aromatic rings. The summed E-state index contributed by atoms with van der Waals surface area (Å²) >= 11 is 0. The third kappa shape index (κ3) is 5.10. The van der Waals surface area contributed by atoms with Gasteiger partial charge in [0.15, 0.2) is 11.5 Å². The van der Waals surface area contributed by atoms with Gasteiger partial charge < -0.3 is 15.4 Å². The molecule has 4 heterocycles. The summed E-state index contributed by atoms with van der Waals surface area (Å²) in [6.07, 6.45) is 2.89. The summed E-state index contributed by atoms with van der Waals surface area (Å²) in [6.45, 7) is 10.8. The number of fused-ring (bicyclic) bond motifs is 2. The Labute approximate surface area is 206 Å². The van der Waals surface area contributed by atoms with Crippen LogP contribution in [0.25, 0.3) is 22.4 Å². The average molecular weight is 469 g/mol. The van der Waals surface area contributed by atoms with Gasteiger partial charge in [0.2, 0.25) is 0 Å². The van der Waals surface area contributed by atoms with E-state index in [1.807, 2.05) is 30.3 Å². The van der Waals surface area contributed by atoms with Crippen LogP contribution in [0.3, 0.4) is 0 Å². The van der Waals surface area contributed by atoms with Crippen molar-refractivity contribution in [1.82, 2.24) is 19.9 Å². The van der Waals surface area contributed by atoms with Crippen LogP contribution in [0, 0.1) is 5.92 Å². The second-order valence-electron chi connectivity index (χ2n) is 10.1. The highest BCUT2D eigenvalue weighted by molar-refractivity contribution is 5.90. The van der Waals surface area contributed by atoms with Crippen molar-refractivity contribution >= 4 is 28.2 Å². The molecule has 3 aromatic heterocycles. The monoisotopic (exact) mass is 468 g/mol. The third-order valence-corrected chi connectivity index (χ3v) is 6.29. The predicted octanol–water partition coefficient (Wildman–Crippen LogP) is 6.10. The Hall–Kier alpha value is -3.58. The van der Waals surface area contributed by atoms with Gasteiger partial charge in [-0.15, -0.1) is 0 Å². The van der Waals surface area contributed by atoms with E-state index in [-0.39, 0.29) is 5.41 Å². The summed E-state index contributed by atoms with van der Waals surface area (Å²) in [4.78, 5) is 18.8. The summed E-state index contributed by atoms with van der Waals surface area (Å²) in [5.74, 6) is 1.76. The van der Waals surface area contributed by atoms with Gasteiger partial charge in [0.05, 0.1) is 16.8 Å². The summed E-state index contributed by atoms with van der Waals surface area (Å²) in [5.41, 5.74) is 5.84. The third-order valence-electron chi connectivity index (χ3n) is 6.29. The van der Waals surface area contributed by atoms with Crippen LogP contribution >= 0.6 is 0 Å². The zero-order chi connectivity index (χ0) is 24.4. The van der Waals surface area contributed by atoms with Gasteiger partial charge in [-0.05, 0) is 59.7 Å². The van der Waals surface area contributed by atoms with Crippen molar-refractivity contribution < 1.29 is 4.74 Å². The normalized spacial score (nSPS) is 14.5. The van der Waals surface area contributed by atoms with Gasteiger partial charge in [-0.2, -0.15) is 0 Å². The van der Waals surface area contributed by atoms with E-state index >= 15 is 0 Å². The first-order chi connectivity index (χ1) is 16.9. The molecule has 0 saturated heterocycles. The van der Waals surface area contributed by atoms with Gasteiger partial charge in [-0.3, -0.25) is 4.98 Å². The highest BCUT2D eigenvalue weighted by Gasteiger charge is 2.27. The average Bonchev–Trinajstić information content (AvgIpc) is 2.84. The molecule has 180 valence electrons. The standard InChI is InChI=1S/C28H32N6O/c1-18(2)16-35-17-25-33-26(31-19-8-10-21-24(15-19)30-14-12-28(21,3)4)20-9-11-23(32-27(20)34-25)22-7-5-6-13-29-22/h5-11,13,15,18,30H,12,14,16-17H2,1-4H3,(H,31,32,33,34). The second-order valence-corrected chi connectivity index (χ2v) is 10.1. The molecule has 0 radical (unpaired) electrons. The van der Waals surface area contributed by atoms with Crippen molar-refractivity contribution in [3.63, 3.8) is 0 Å². The van der Waals surface area contributed by atoms with Gasteiger partial charge in [-0.1, -0.05) is 39.8 Å². The van der Waals surface area contributed by atoms with E-state index in [1.54, 1.807) is 6.20 Å². The summed E-state index contributed by atoms with van der Waals surface area (Å²) in [7, 11) is 0. The summed E-state index contributed by atoms with van der Waals surface area (Å²) < 4.78 is 5.84. The fraction of sp³-hybridized carbons (Fsp3) is 0.357. The van der Waals surface area contributed by atoms with Crippen molar-refractivity contribution in [2.75, 3.05) is 23.8 Å². The van der Waals surface area contributed by atoms with Crippen molar-refractivity contribution in [3.8, 4) is 11.4 Å². The molecule has 0 spiro atoms. The molecule has 0 bridgehead atoms. The van der Waals surface area contributed by atoms with Crippen molar-refractivity contribution in [1.29, 1.82) is 0 Å². The molecule has 5 rings (SSSR count). The van der Waals surface area contributed by atoms with Gasteiger partial charge in [-0.25, -0.2) is 15.0 Å². The van der Waals surface area contributed by atoms with Gasteiger partial charge in [0.1, 0.15) is 12.4 Å². The molecule has 1 aromatic carbocycles. The van der Waals surface area contributed by atoms with E-state index in [9.17, 15) is 0 Å². The SMILES string of the molecule is CC(C)COCc1nc(Nc2ccc3c(c2)NCCC3(C)C)c2ccc(-c3ccccn3)nc2n1. The minimum absolute atomic E-state index is 0.160. The van der Waals surface area contributed by atoms with Gasteiger partial charge in [0, 0.05) is 30.7 Å². The van der Waals surface area contributed by atoms with Crippen LogP contribution in [0.2, 0.25) is 0 Å². The van der Waals surface area contributed by atoms with Crippen LogP contribution in [0.15, 0.2) is 54.7 Å². The quantitative estimate of drug-likeness (QED) is 0.339. The number of hydrogen-bond acceptors (Lipinski definition) is 7. The van der Waals surface area contributed by atoms with E-state index in [1.165, 1.54) is 11.3 Å². The lowest BCUT2D eigenvalue weighted by Gasteiger charge is -2.33. The fourth-order valence-electron chi connectivity index (χ4n) is 4.40. The second kappa shape index (κ2) is 9.58. The number of pyridine rings is 2. The Balaban J connectivity index is 1.52. The van der Waals surface area contributed by atoms with E-state index in [4.69, 9.17) is 19.7 Å². The van der Waals surface area contributed by atoms with Crippen LogP contribution < -0.4 is 10.6 Å². The summed E-state index contributed by atoms with van der Waals surface area (Å²) in [6, 6.07) is 16.3. The number of anilines is 3. The van der Waals surface area contributed by atoms with Crippen molar-refractivity contribution in [2.24, 2.45) is 5.92 Å². The molecule has 1 aliphatic rings. The van der Waals surface area contributed by atoms with Gasteiger partial charge >= 0.3 is 0 Å². The topological polar surface area (TPSA) is 84.9 Å². The molecule has 7 nitrogen and oxygen atoms in total. The number of ether oxygens (including phenoxy) is 1. The number of hydrogen-bond donors (Lipinski definition) is 2. The van der Waals surface area contributed by atoms with Crippen molar-refractivity contribution in [2.45, 2.75) is 46.1 Å². The molecule has 2 N–H and O–H groups in total. The maximum atomic E-state index is 5.84. The zero-order valence-corrected chi connectivity index (χ0v) is 20.8. The number of nitrogens with one attached hydrogen (secondary N) is 2. The lowest BCUT2D eigenvalue weighted by Crippen LogP contribution is -2.28. The molecule has 7 heteroatoms. The first-order valence-corrected chi connectivity index (χ1v) is 12.2. The molecule has 1 aliphatic heterocycles. The first kappa shape index (κ1) is 23.2. The van der Waals surface area contributed by atoms with E-state index in [0.29, 0.717) is 36.4 Å². The van der Waals surface area contributed by atoms with Crippen LogP contribution in [0.5, 0.6) is 0 Å². The van der Waals surface area contributed by atoms with Gasteiger partial charge in [0.25, 0.3) is 0 Å². The highest BCUT2D eigenvalue weighted by atomic mass is 16.5. The molecule has 0 aliphatic carbocycles. The van der Waals surface area contributed by atoms with E-state index in [0.717, 1.165) is 35.4 Å². The van der Waals surface area contributed by atoms with E-state index in [2.05, 4.69) is 61.5 Å². The number of aromatic nitrogens is 4. The van der Waals surface area contributed by atoms with Crippen LogP contribution in [-0.4, -0.2) is 33.1 Å². The Bertz CT molecular complexity index is 1340. The molecule has 35 heavy (non-hydrogen) atoms. The Morgan fingerprint density at radius 2 is 1.91 bits per heavy atom. The maximum Gasteiger partial charge on any atom is 0.165 e. The lowest BCUT2D eigenvalue weighted by molar-refractivity contribution is 0.0925.